The Kier molecular flexibility index (Phi) is 4.74. The van der Waals surface area contributed by atoms with Gasteiger partial charge in [0, 0.05) is 12.6 Å². The predicted molar refractivity (Wildman–Crippen MR) is 55.6 cm³/mol. The quantitative estimate of drug-likeness (QED) is 0.712. The van der Waals surface area contributed by atoms with E-state index in [0.29, 0.717) is 0 Å². The zero-order chi connectivity index (χ0) is 9.68. The number of hydrogen-bond acceptors (Lipinski definition) is 2. The van der Waals surface area contributed by atoms with Crippen LogP contribution in [0.25, 0.3) is 0 Å². The molecule has 78 valence electrons. The number of nitrogens with two attached hydrogens (primary N) is 1. The Hall–Kier alpha value is -0.0800. The van der Waals surface area contributed by atoms with E-state index in [9.17, 15) is 0 Å². The van der Waals surface area contributed by atoms with Crippen molar-refractivity contribution in [3.8, 4) is 0 Å². The molecule has 0 radical (unpaired) electrons. The van der Waals surface area contributed by atoms with Gasteiger partial charge in [-0.25, -0.2) is 0 Å². The summed E-state index contributed by atoms with van der Waals surface area (Å²) in [6.45, 7) is 5.84. The van der Waals surface area contributed by atoms with E-state index in [2.05, 4.69) is 6.92 Å². The summed E-state index contributed by atoms with van der Waals surface area (Å²) < 4.78 is 5.35. The molecule has 2 nitrogen and oxygen atoms in total. The fourth-order valence-corrected chi connectivity index (χ4v) is 2.26. The van der Waals surface area contributed by atoms with E-state index in [1.54, 1.807) is 0 Å². The summed E-state index contributed by atoms with van der Waals surface area (Å²) in [4.78, 5) is 0. The van der Waals surface area contributed by atoms with Gasteiger partial charge in [-0.2, -0.15) is 0 Å². The van der Waals surface area contributed by atoms with Crippen molar-refractivity contribution >= 4 is 0 Å². The van der Waals surface area contributed by atoms with Gasteiger partial charge in [0.15, 0.2) is 0 Å². The largest absolute Gasteiger partial charge is 0.380 e. The molecule has 0 amide bonds. The lowest BCUT2D eigenvalue weighted by Gasteiger charge is -2.18. The highest BCUT2D eigenvalue weighted by atomic mass is 16.5. The van der Waals surface area contributed by atoms with Gasteiger partial charge < -0.3 is 10.5 Å². The van der Waals surface area contributed by atoms with E-state index in [1.165, 1.54) is 25.7 Å². The molecule has 0 aromatic heterocycles. The fourth-order valence-electron chi connectivity index (χ4n) is 2.26. The molecule has 0 heterocycles. The second-order valence-corrected chi connectivity index (χ2v) is 4.17. The minimum absolute atomic E-state index is 0.275. The molecule has 1 aliphatic carbocycles. The van der Waals surface area contributed by atoms with Crippen LogP contribution in [0.15, 0.2) is 0 Å². The molecular weight excluding hydrogens is 162 g/mol. The summed E-state index contributed by atoms with van der Waals surface area (Å²) in [5.74, 6) is 1.65. The van der Waals surface area contributed by atoms with Gasteiger partial charge in [0.25, 0.3) is 0 Å². The maximum absolute atomic E-state index is 6.06. The summed E-state index contributed by atoms with van der Waals surface area (Å²) in [6, 6.07) is 0.275. The summed E-state index contributed by atoms with van der Waals surface area (Å²) >= 11 is 0. The number of ether oxygens (including phenoxy) is 1. The summed E-state index contributed by atoms with van der Waals surface area (Å²) in [6.07, 6.45) is 5.33. The van der Waals surface area contributed by atoms with Gasteiger partial charge in [0.1, 0.15) is 0 Å². The first-order valence-corrected chi connectivity index (χ1v) is 5.61. The van der Waals surface area contributed by atoms with Gasteiger partial charge in [-0.1, -0.05) is 19.8 Å². The Morgan fingerprint density at radius 1 is 1.38 bits per heavy atom. The molecule has 1 fully saturated rings. The molecule has 0 saturated heterocycles. The van der Waals surface area contributed by atoms with Crippen LogP contribution >= 0.6 is 0 Å². The van der Waals surface area contributed by atoms with Crippen molar-refractivity contribution in [2.45, 2.75) is 45.6 Å². The molecule has 0 aromatic rings. The van der Waals surface area contributed by atoms with Gasteiger partial charge in [0.2, 0.25) is 0 Å². The third kappa shape index (κ3) is 3.28. The summed E-state index contributed by atoms with van der Waals surface area (Å²) in [5, 5.41) is 0. The normalized spacial score (nSPS) is 30.7. The minimum atomic E-state index is 0.275. The molecule has 1 saturated carbocycles. The first kappa shape index (κ1) is 11.0. The van der Waals surface area contributed by atoms with Crippen LogP contribution in [0.4, 0.5) is 0 Å². The highest BCUT2D eigenvalue weighted by Gasteiger charge is 2.27. The van der Waals surface area contributed by atoms with Crippen molar-refractivity contribution in [3.05, 3.63) is 0 Å². The maximum Gasteiger partial charge on any atom is 0.0620 e. The Morgan fingerprint density at radius 2 is 2.15 bits per heavy atom. The Balaban J connectivity index is 2.20. The van der Waals surface area contributed by atoms with Crippen LogP contribution < -0.4 is 5.73 Å². The first-order valence-electron chi connectivity index (χ1n) is 5.61. The van der Waals surface area contributed by atoms with Gasteiger partial charge in [0.05, 0.1) is 6.61 Å². The highest BCUT2D eigenvalue weighted by molar-refractivity contribution is 4.82. The minimum Gasteiger partial charge on any atom is -0.380 e. The van der Waals surface area contributed by atoms with E-state index in [0.717, 1.165) is 25.0 Å². The van der Waals surface area contributed by atoms with Crippen LogP contribution in [-0.4, -0.2) is 19.3 Å². The van der Waals surface area contributed by atoms with Gasteiger partial charge in [-0.3, -0.25) is 0 Å². The second-order valence-electron chi connectivity index (χ2n) is 4.17. The smallest absolute Gasteiger partial charge is 0.0620 e. The lowest BCUT2D eigenvalue weighted by molar-refractivity contribution is 0.116. The molecule has 2 N–H and O–H groups in total. The van der Waals surface area contributed by atoms with Crippen LogP contribution in [0.1, 0.15) is 39.5 Å². The van der Waals surface area contributed by atoms with Crippen LogP contribution in [0.5, 0.6) is 0 Å². The average Bonchev–Trinajstić information content (AvgIpc) is 2.62. The molecule has 3 unspecified atom stereocenters. The van der Waals surface area contributed by atoms with Crippen molar-refractivity contribution in [1.82, 2.24) is 0 Å². The molecule has 13 heavy (non-hydrogen) atoms. The van der Waals surface area contributed by atoms with Crippen molar-refractivity contribution in [2.24, 2.45) is 17.6 Å². The number of hydrogen-bond donors (Lipinski definition) is 1. The third-order valence-corrected chi connectivity index (χ3v) is 3.28. The first-order chi connectivity index (χ1) is 6.27. The molecule has 0 spiro atoms. The lowest BCUT2D eigenvalue weighted by Crippen LogP contribution is -2.33. The lowest BCUT2D eigenvalue weighted by atomic mass is 9.97. The van der Waals surface area contributed by atoms with Crippen LogP contribution in [0.3, 0.4) is 0 Å². The Labute approximate surface area is 81.8 Å². The summed E-state index contributed by atoms with van der Waals surface area (Å²) in [5.41, 5.74) is 6.06. The van der Waals surface area contributed by atoms with Crippen LogP contribution in [0.2, 0.25) is 0 Å². The van der Waals surface area contributed by atoms with Crippen molar-refractivity contribution in [3.63, 3.8) is 0 Å². The van der Waals surface area contributed by atoms with Crippen molar-refractivity contribution < 1.29 is 4.74 Å². The van der Waals surface area contributed by atoms with Crippen molar-refractivity contribution in [1.29, 1.82) is 0 Å². The predicted octanol–water partition coefficient (Wildman–Crippen LogP) is 2.18. The molecule has 2 heteroatoms. The standard InChI is InChI=1S/C11H23NO/c1-3-9-5-6-10(7-9)11(12)8-13-4-2/h9-11H,3-8,12H2,1-2H3. The van der Waals surface area contributed by atoms with E-state index in [4.69, 9.17) is 10.5 Å². The van der Waals surface area contributed by atoms with E-state index >= 15 is 0 Å². The van der Waals surface area contributed by atoms with E-state index < -0.39 is 0 Å². The molecule has 0 bridgehead atoms. The number of rotatable bonds is 5. The molecule has 1 rings (SSSR count). The van der Waals surface area contributed by atoms with Crippen LogP contribution in [-0.2, 0) is 4.74 Å². The van der Waals surface area contributed by atoms with Gasteiger partial charge in [-0.15, -0.1) is 0 Å². The molecule has 1 aliphatic rings. The Bertz CT molecular complexity index is 138. The zero-order valence-electron chi connectivity index (χ0n) is 8.96. The summed E-state index contributed by atoms with van der Waals surface area (Å²) in [7, 11) is 0. The Morgan fingerprint density at radius 3 is 2.69 bits per heavy atom. The molecular formula is C11H23NO. The zero-order valence-corrected chi connectivity index (χ0v) is 8.96. The molecule has 0 aliphatic heterocycles. The van der Waals surface area contributed by atoms with E-state index in [1.807, 2.05) is 6.92 Å². The van der Waals surface area contributed by atoms with Gasteiger partial charge >= 0.3 is 0 Å². The second kappa shape index (κ2) is 5.61. The monoisotopic (exact) mass is 185 g/mol. The van der Waals surface area contributed by atoms with Gasteiger partial charge in [-0.05, 0) is 31.6 Å². The van der Waals surface area contributed by atoms with Crippen LogP contribution in [0, 0.1) is 11.8 Å². The molecule has 3 atom stereocenters. The fraction of sp³-hybridized carbons (Fsp3) is 1.00. The third-order valence-electron chi connectivity index (χ3n) is 3.28. The van der Waals surface area contributed by atoms with E-state index in [-0.39, 0.29) is 6.04 Å². The maximum atomic E-state index is 6.06. The molecule has 0 aromatic carbocycles. The highest BCUT2D eigenvalue weighted by Crippen LogP contribution is 2.34. The topological polar surface area (TPSA) is 35.2 Å². The van der Waals surface area contributed by atoms with Crippen molar-refractivity contribution in [2.75, 3.05) is 13.2 Å². The average molecular weight is 185 g/mol. The SMILES string of the molecule is CCOCC(N)C1CCC(CC)C1.